The van der Waals surface area contributed by atoms with Crippen LogP contribution in [0.1, 0.15) is 81.7 Å². The fourth-order valence-electron chi connectivity index (χ4n) is 4.73. The Hall–Kier alpha value is -3.76. The van der Waals surface area contributed by atoms with E-state index in [1.54, 1.807) is 18.2 Å². The Bertz CT molecular complexity index is 1470. The average molecular weight is 647 g/mol. The Labute approximate surface area is 253 Å². The maximum Gasteiger partial charge on any atom is 0.426 e. The quantitative estimate of drug-likeness (QED) is 0.260. The van der Waals surface area contributed by atoms with Gasteiger partial charge in [0.25, 0.3) is 11.8 Å². The molecule has 3 heterocycles. The summed E-state index contributed by atoms with van der Waals surface area (Å²) in [6.45, 7) is 3.96. The van der Waals surface area contributed by atoms with Gasteiger partial charge in [0.2, 0.25) is 5.60 Å². The molecule has 246 valence electrons. The maximum atomic E-state index is 14.9. The van der Waals surface area contributed by atoms with Crippen molar-refractivity contribution in [2.45, 2.75) is 95.2 Å². The van der Waals surface area contributed by atoms with E-state index in [0.29, 0.717) is 11.6 Å². The van der Waals surface area contributed by atoms with Crippen LogP contribution in [0.3, 0.4) is 0 Å². The molecule has 1 aliphatic heterocycles. The Morgan fingerprint density at radius 2 is 1.73 bits per heavy atom. The van der Waals surface area contributed by atoms with Gasteiger partial charge in [-0.3, -0.25) is 5.32 Å². The van der Waals surface area contributed by atoms with E-state index in [1.807, 2.05) is 0 Å². The second-order valence-corrected chi connectivity index (χ2v) is 11.6. The Morgan fingerprint density at radius 1 is 1.04 bits per heavy atom. The van der Waals surface area contributed by atoms with Gasteiger partial charge in [-0.15, -0.1) is 10.2 Å². The number of benzene rings is 1. The molecule has 1 amide bonds. The van der Waals surface area contributed by atoms with Gasteiger partial charge in [0, 0.05) is 0 Å². The molecule has 4 bridgehead atoms. The number of fused-ring (bicyclic) bond motifs is 5. The van der Waals surface area contributed by atoms with Crippen LogP contribution in [-0.4, -0.2) is 49.4 Å². The zero-order valence-electron chi connectivity index (χ0n) is 24.5. The SMILES string of the molecule is CC(C)(C)OC(=O)Nc1cc(C(F)(F)F)c2nc1-c1nnc(o1)[C@@](OCc1ccccc1)(C(F)(F)F)CCC(O)CCCC2O. The fourth-order valence-corrected chi connectivity index (χ4v) is 4.73. The summed E-state index contributed by atoms with van der Waals surface area (Å²) >= 11 is 0. The summed E-state index contributed by atoms with van der Waals surface area (Å²) in [6.07, 6.45) is -16.5. The van der Waals surface area contributed by atoms with Gasteiger partial charge in [-0.2, -0.15) is 26.3 Å². The van der Waals surface area contributed by atoms with Gasteiger partial charge in [0.05, 0.1) is 35.8 Å². The molecular weight excluding hydrogens is 614 g/mol. The second kappa shape index (κ2) is 12.9. The number of pyridine rings is 1. The smallest absolute Gasteiger partial charge is 0.426 e. The number of amides is 1. The first-order valence-corrected chi connectivity index (χ1v) is 14.0. The third-order valence-electron chi connectivity index (χ3n) is 6.91. The van der Waals surface area contributed by atoms with E-state index in [1.165, 1.54) is 32.9 Å². The van der Waals surface area contributed by atoms with Crippen molar-refractivity contribution in [1.29, 1.82) is 0 Å². The number of aliphatic hydroxyl groups excluding tert-OH is 2. The summed E-state index contributed by atoms with van der Waals surface area (Å²) in [5, 5.41) is 30.6. The number of nitrogens with zero attached hydrogens (tertiary/aromatic N) is 3. The number of aliphatic hydroxyl groups is 2. The number of hydrogen-bond donors (Lipinski definition) is 3. The third-order valence-corrected chi connectivity index (χ3v) is 6.91. The molecule has 16 heteroatoms. The number of carbonyl (C=O) groups excluding carboxylic acids is 1. The summed E-state index contributed by atoms with van der Waals surface area (Å²) in [7, 11) is 0. The predicted octanol–water partition coefficient (Wildman–Crippen LogP) is 6.83. The van der Waals surface area contributed by atoms with Crippen molar-refractivity contribution in [2.24, 2.45) is 0 Å². The molecule has 0 fully saturated rings. The molecule has 1 aromatic carbocycles. The van der Waals surface area contributed by atoms with Crippen LogP contribution in [0.5, 0.6) is 0 Å². The van der Waals surface area contributed by atoms with Crippen LogP contribution in [0.15, 0.2) is 40.8 Å². The predicted molar refractivity (Wildman–Crippen MR) is 145 cm³/mol. The molecule has 4 rings (SSSR count). The molecule has 0 spiro atoms. The van der Waals surface area contributed by atoms with Gasteiger partial charge in [0.15, 0.2) is 5.69 Å². The van der Waals surface area contributed by atoms with Crippen molar-refractivity contribution in [3.8, 4) is 11.6 Å². The zero-order chi connectivity index (χ0) is 33.2. The first kappa shape index (κ1) is 34.1. The molecule has 2 aromatic heterocycles. The zero-order valence-corrected chi connectivity index (χ0v) is 24.5. The minimum absolute atomic E-state index is 0.0587. The summed E-state index contributed by atoms with van der Waals surface area (Å²) in [6, 6.07) is 8.39. The molecule has 0 aliphatic carbocycles. The normalized spacial score (nSPS) is 21.6. The Kier molecular flexibility index (Phi) is 9.80. The summed E-state index contributed by atoms with van der Waals surface area (Å²) < 4.78 is 103. The molecule has 1 aliphatic rings. The van der Waals surface area contributed by atoms with Crippen molar-refractivity contribution in [1.82, 2.24) is 15.2 Å². The van der Waals surface area contributed by atoms with E-state index in [9.17, 15) is 41.4 Å². The van der Waals surface area contributed by atoms with Gasteiger partial charge >= 0.3 is 18.4 Å². The highest BCUT2D eigenvalue weighted by Crippen LogP contribution is 2.48. The van der Waals surface area contributed by atoms with Crippen LogP contribution in [0.2, 0.25) is 0 Å². The maximum absolute atomic E-state index is 14.9. The topological polar surface area (TPSA) is 140 Å². The van der Waals surface area contributed by atoms with E-state index in [2.05, 4.69) is 20.5 Å². The highest BCUT2D eigenvalue weighted by molar-refractivity contribution is 5.89. The minimum atomic E-state index is -5.17. The fraction of sp³-hybridized carbons (Fsp3) is 0.517. The number of hydrogen-bond acceptors (Lipinski definition) is 9. The van der Waals surface area contributed by atoms with Gasteiger partial charge in [-0.25, -0.2) is 9.78 Å². The number of carbonyl (C=O) groups is 1. The molecule has 3 N–H and O–H groups in total. The first-order chi connectivity index (χ1) is 20.9. The van der Waals surface area contributed by atoms with Gasteiger partial charge in [-0.1, -0.05) is 30.3 Å². The van der Waals surface area contributed by atoms with Crippen molar-refractivity contribution < 1.29 is 55.2 Å². The first-order valence-electron chi connectivity index (χ1n) is 14.0. The van der Waals surface area contributed by atoms with E-state index < -0.39 is 95.7 Å². The van der Waals surface area contributed by atoms with Crippen LogP contribution in [0, 0.1) is 0 Å². The van der Waals surface area contributed by atoms with Crippen LogP contribution in [0.25, 0.3) is 11.6 Å². The third kappa shape index (κ3) is 8.10. The molecule has 3 aromatic rings. The van der Waals surface area contributed by atoms with Crippen molar-refractivity contribution in [3.05, 3.63) is 59.1 Å². The number of rotatable bonds is 4. The number of alkyl halides is 6. The summed E-state index contributed by atoms with van der Waals surface area (Å²) in [4.78, 5) is 16.5. The van der Waals surface area contributed by atoms with Gasteiger partial charge in [-0.05, 0) is 64.5 Å². The van der Waals surface area contributed by atoms with Gasteiger partial charge in [0.1, 0.15) is 5.60 Å². The molecule has 0 saturated carbocycles. The second-order valence-electron chi connectivity index (χ2n) is 11.6. The lowest BCUT2D eigenvalue weighted by Crippen LogP contribution is -2.45. The van der Waals surface area contributed by atoms with E-state index in [0.717, 1.165) is 0 Å². The molecular formula is C29H32F6N4O6. The highest BCUT2D eigenvalue weighted by atomic mass is 19.4. The van der Waals surface area contributed by atoms with E-state index in [4.69, 9.17) is 13.9 Å². The van der Waals surface area contributed by atoms with Crippen LogP contribution >= 0.6 is 0 Å². The summed E-state index contributed by atoms with van der Waals surface area (Å²) in [5.74, 6) is -1.90. The van der Waals surface area contributed by atoms with Gasteiger partial charge < -0.3 is 24.1 Å². The van der Waals surface area contributed by atoms with Crippen LogP contribution in [0.4, 0.5) is 36.8 Å². The molecule has 45 heavy (non-hydrogen) atoms. The number of ether oxygens (including phenoxy) is 2. The Balaban J connectivity index is 1.92. The highest BCUT2D eigenvalue weighted by Gasteiger charge is 2.61. The number of halogens is 6. The lowest BCUT2D eigenvalue weighted by Gasteiger charge is -2.33. The van der Waals surface area contributed by atoms with Crippen molar-refractivity contribution in [3.63, 3.8) is 0 Å². The molecule has 0 saturated heterocycles. The summed E-state index contributed by atoms with van der Waals surface area (Å²) in [5.41, 5.74) is -7.56. The van der Waals surface area contributed by atoms with Crippen LogP contribution < -0.4 is 5.32 Å². The Morgan fingerprint density at radius 3 is 2.36 bits per heavy atom. The molecule has 2 unspecified atom stereocenters. The lowest BCUT2D eigenvalue weighted by molar-refractivity contribution is -0.300. The lowest BCUT2D eigenvalue weighted by atomic mass is 9.92. The van der Waals surface area contributed by atoms with Crippen molar-refractivity contribution in [2.75, 3.05) is 5.32 Å². The molecule has 0 radical (unpaired) electrons. The standard InChI is InChI=1S/C29H32F6N4O6/c1-26(2,3)45-25(42)36-19-14-18(28(30,31)32)21-20(41)11-7-10-17(40)12-13-27(29(33,34)35,43-15-16-8-5-4-6-9-16)24-39-38-23(44-24)22(19)37-21/h4-6,8-9,14,17,20,40-41H,7,10-13,15H2,1-3H3,(H,36,42)/t17?,20?,27-/m1/s1. The van der Waals surface area contributed by atoms with E-state index in [-0.39, 0.29) is 19.3 Å². The average Bonchev–Trinajstić information content (AvgIpc) is 3.41. The molecule has 3 atom stereocenters. The number of aromatic nitrogens is 3. The van der Waals surface area contributed by atoms with Crippen LogP contribution in [-0.2, 0) is 27.9 Å². The number of nitrogens with one attached hydrogen (secondary N) is 1. The minimum Gasteiger partial charge on any atom is -0.444 e. The van der Waals surface area contributed by atoms with E-state index >= 15 is 0 Å². The number of anilines is 1. The molecule has 10 nitrogen and oxygen atoms in total. The monoisotopic (exact) mass is 646 g/mol. The largest absolute Gasteiger partial charge is 0.444 e. The van der Waals surface area contributed by atoms with Crippen molar-refractivity contribution >= 4 is 11.8 Å².